The first-order valence-corrected chi connectivity index (χ1v) is 10.0. The average Bonchev–Trinajstić information content (AvgIpc) is 2.94. The Hall–Kier alpha value is -3.31. The van der Waals surface area contributed by atoms with E-state index in [1.807, 2.05) is 65.6 Å². The number of amides is 1. The molecule has 2 heterocycles. The van der Waals surface area contributed by atoms with Gasteiger partial charge >= 0.3 is 0 Å². The van der Waals surface area contributed by atoms with Crippen molar-refractivity contribution in [3.8, 4) is 11.5 Å². The molecule has 2 aliphatic rings. The van der Waals surface area contributed by atoms with Gasteiger partial charge in [0.15, 0.2) is 11.5 Å². The summed E-state index contributed by atoms with van der Waals surface area (Å²) in [4.78, 5) is 20.4. The van der Waals surface area contributed by atoms with E-state index in [2.05, 4.69) is 0 Å². The van der Waals surface area contributed by atoms with Crippen LogP contribution in [0.1, 0.15) is 33.9 Å². The van der Waals surface area contributed by atoms with Gasteiger partial charge in [-0.15, -0.1) is 0 Å². The molecule has 2 aliphatic heterocycles. The second-order valence-electron chi connectivity index (χ2n) is 7.21. The van der Waals surface area contributed by atoms with Gasteiger partial charge in [0.25, 0.3) is 5.91 Å². The van der Waals surface area contributed by atoms with Gasteiger partial charge in [0, 0.05) is 11.4 Å². The van der Waals surface area contributed by atoms with Gasteiger partial charge in [-0.25, -0.2) is 0 Å². The van der Waals surface area contributed by atoms with Crippen LogP contribution in [0.4, 0.5) is 11.4 Å². The molecule has 0 radical (unpaired) electrons. The fourth-order valence-electron chi connectivity index (χ4n) is 4.28. The lowest BCUT2D eigenvalue weighted by molar-refractivity contribution is 0.0989. The highest BCUT2D eigenvalue weighted by atomic mass is 35.5. The first kappa shape index (κ1) is 18.7. The molecule has 3 aromatic rings. The predicted molar refractivity (Wildman–Crippen MR) is 118 cm³/mol. The standard InChI is InChI=1S/C24H19ClN2O3/c1-29-21-12-11-16-20-13-18(14-7-9-15(25)10-8-14)26-17-5-3-4-6-19(17)27(20)24(28)22(16)23(21)30-2/h3-12,20H,13H2,1-2H3/t20-/m1/s1. The molecule has 6 heteroatoms. The summed E-state index contributed by atoms with van der Waals surface area (Å²) < 4.78 is 11.0. The van der Waals surface area contributed by atoms with Crippen molar-refractivity contribution in [3.05, 3.63) is 82.4 Å². The molecule has 0 saturated carbocycles. The van der Waals surface area contributed by atoms with Crippen molar-refractivity contribution in [2.24, 2.45) is 4.99 Å². The molecule has 3 aromatic carbocycles. The molecule has 1 amide bonds. The van der Waals surface area contributed by atoms with Crippen LogP contribution in [-0.4, -0.2) is 25.8 Å². The van der Waals surface area contributed by atoms with Gasteiger partial charge in [-0.3, -0.25) is 14.7 Å². The zero-order valence-electron chi connectivity index (χ0n) is 16.6. The van der Waals surface area contributed by atoms with Gasteiger partial charge in [-0.2, -0.15) is 0 Å². The molecule has 0 fully saturated rings. The topological polar surface area (TPSA) is 51.1 Å². The number of halogens is 1. The molecule has 0 N–H and O–H groups in total. The van der Waals surface area contributed by atoms with Crippen molar-refractivity contribution in [2.45, 2.75) is 12.5 Å². The predicted octanol–water partition coefficient (Wildman–Crippen LogP) is 5.58. The highest BCUT2D eigenvalue weighted by Gasteiger charge is 2.43. The number of fused-ring (bicyclic) bond motifs is 5. The van der Waals surface area contributed by atoms with Crippen molar-refractivity contribution >= 4 is 34.6 Å². The summed E-state index contributed by atoms with van der Waals surface area (Å²) in [5, 5.41) is 0.674. The summed E-state index contributed by atoms with van der Waals surface area (Å²) in [6.45, 7) is 0. The molecular weight excluding hydrogens is 400 g/mol. The van der Waals surface area contributed by atoms with Crippen molar-refractivity contribution in [1.29, 1.82) is 0 Å². The van der Waals surface area contributed by atoms with Crippen LogP contribution >= 0.6 is 11.6 Å². The highest BCUT2D eigenvalue weighted by molar-refractivity contribution is 6.30. The molecule has 30 heavy (non-hydrogen) atoms. The lowest BCUT2D eigenvalue weighted by Gasteiger charge is -2.24. The Morgan fingerprint density at radius 3 is 2.50 bits per heavy atom. The van der Waals surface area contributed by atoms with Gasteiger partial charge in [0.05, 0.1) is 42.9 Å². The van der Waals surface area contributed by atoms with Gasteiger partial charge < -0.3 is 9.47 Å². The summed E-state index contributed by atoms with van der Waals surface area (Å²) in [6, 6.07) is 19.0. The number of hydrogen-bond donors (Lipinski definition) is 0. The third-order valence-electron chi connectivity index (χ3n) is 5.64. The SMILES string of the molecule is COc1ccc2c(c1OC)C(=O)N1c3ccccc3N=C(c3ccc(Cl)cc3)C[C@H]21. The number of carbonyl (C=O) groups excluding carboxylic acids is 1. The fourth-order valence-corrected chi connectivity index (χ4v) is 4.41. The number of aliphatic imine (C=N–C) groups is 1. The van der Waals surface area contributed by atoms with Crippen molar-refractivity contribution in [1.82, 2.24) is 0 Å². The zero-order valence-corrected chi connectivity index (χ0v) is 17.3. The molecule has 1 atom stereocenters. The third kappa shape index (κ3) is 2.77. The van der Waals surface area contributed by atoms with Gasteiger partial charge in [-0.05, 0) is 41.5 Å². The van der Waals surface area contributed by atoms with E-state index in [-0.39, 0.29) is 11.9 Å². The molecule has 5 nitrogen and oxygen atoms in total. The van der Waals surface area contributed by atoms with Crippen LogP contribution in [0, 0.1) is 0 Å². The number of carbonyl (C=O) groups is 1. The number of methoxy groups -OCH3 is 2. The Morgan fingerprint density at radius 1 is 1.00 bits per heavy atom. The summed E-state index contributed by atoms with van der Waals surface area (Å²) in [5.41, 5.74) is 4.90. The van der Waals surface area contributed by atoms with Gasteiger partial charge in [0.2, 0.25) is 0 Å². The van der Waals surface area contributed by atoms with Crippen LogP contribution in [0.5, 0.6) is 11.5 Å². The lowest BCUT2D eigenvalue weighted by atomic mass is 9.96. The fraction of sp³-hybridized carbons (Fsp3) is 0.167. The van der Waals surface area contributed by atoms with Gasteiger partial charge in [0.1, 0.15) is 0 Å². The van der Waals surface area contributed by atoms with E-state index >= 15 is 0 Å². The molecule has 5 rings (SSSR count). The lowest BCUT2D eigenvalue weighted by Crippen LogP contribution is -2.28. The molecule has 0 unspecified atom stereocenters. The normalized spacial score (nSPS) is 16.9. The van der Waals surface area contributed by atoms with E-state index in [9.17, 15) is 4.79 Å². The molecule has 0 bridgehead atoms. The molecular formula is C24H19ClN2O3. The third-order valence-corrected chi connectivity index (χ3v) is 5.89. The molecule has 150 valence electrons. The minimum absolute atomic E-state index is 0.106. The van der Waals surface area contributed by atoms with Crippen LogP contribution in [0.2, 0.25) is 5.02 Å². The number of ether oxygens (including phenoxy) is 2. The minimum atomic E-state index is -0.189. The van der Waals surface area contributed by atoms with E-state index in [1.165, 1.54) is 0 Å². The molecule has 0 aromatic heterocycles. The smallest absolute Gasteiger partial charge is 0.263 e. The maximum atomic E-state index is 13.6. The second-order valence-corrected chi connectivity index (χ2v) is 7.65. The number of hydrogen-bond acceptors (Lipinski definition) is 4. The van der Waals surface area contributed by atoms with E-state index in [1.54, 1.807) is 14.2 Å². The van der Waals surface area contributed by atoms with Crippen molar-refractivity contribution in [2.75, 3.05) is 19.1 Å². The first-order valence-electron chi connectivity index (χ1n) is 9.63. The summed E-state index contributed by atoms with van der Waals surface area (Å²) >= 11 is 6.08. The minimum Gasteiger partial charge on any atom is -0.493 e. The monoisotopic (exact) mass is 418 g/mol. The second kappa shape index (κ2) is 7.18. The highest BCUT2D eigenvalue weighted by Crippen LogP contribution is 2.50. The van der Waals surface area contributed by atoms with Crippen LogP contribution in [-0.2, 0) is 0 Å². The van der Waals surface area contributed by atoms with E-state index < -0.39 is 0 Å². The summed E-state index contributed by atoms with van der Waals surface area (Å²) in [6.07, 6.45) is 0.574. The Bertz CT molecular complexity index is 1190. The maximum Gasteiger partial charge on any atom is 0.263 e. The zero-order chi connectivity index (χ0) is 20.8. The Morgan fingerprint density at radius 2 is 1.77 bits per heavy atom. The number of para-hydroxylation sites is 2. The van der Waals surface area contributed by atoms with E-state index in [0.29, 0.717) is 28.5 Å². The van der Waals surface area contributed by atoms with Crippen LogP contribution in [0.3, 0.4) is 0 Å². The number of rotatable bonds is 3. The quantitative estimate of drug-likeness (QED) is 0.557. The number of nitrogens with zero attached hydrogens (tertiary/aromatic N) is 2. The summed E-state index contributed by atoms with van der Waals surface area (Å²) in [5.74, 6) is 0.906. The Kier molecular flexibility index (Phi) is 4.48. The first-order chi connectivity index (χ1) is 14.6. The number of benzene rings is 3. The van der Waals surface area contributed by atoms with Crippen molar-refractivity contribution in [3.63, 3.8) is 0 Å². The molecule has 0 saturated heterocycles. The van der Waals surface area contributed by atoms with Crippen LogP contribution < -0.4 is 14.4 Å². The Labute approximate surface area is 179 Å². The number of anilines is 1. The average molecular weight is 419 g/mol. The van der Waals surface area contributed by atoms with Crippen LogP contribution in [0.25, 0.3) is 0 Å². The summed E-state index contributed by atoms with van der Waals surface area (Å²) in [7, 11) is 3.13. The van der Waals surface area contributed by atoms with E-state index in [0.717, 1.165) is 28.2 Å². The van der Waals surface area contributed by atoms with Crippen molar-refractivity contribution < 1.29 is 14.3 Å². The van der Waals surface area contributed by atoms with Crippen LogP contribution in [0.15, 0.2) is 65.7 Å². The maximum absolute atomic E-state index is 13.6. The van der Waals surface area contributed by atoms with Gasteiger partial charge in [-0.1, -0.05) is 41.9 Å². The molecule has 0 spiro atoms. The molecule has 0 aliphatic carbocycles. The largest absolute Gasteiger partial charge is 0.493 e. The Balaban J connectivity index is 1.72. The van der Waals surface area contributed by atoms with E-state index in [4.69, 9.17) is 26.1 Å².